The van der Waals surface area contributed by atoms with Crippen LogP contribution in [0.25, 0.3) is 0 Å². The van der Waals surface area contributed by atoms with Crippen molar-refractivity contribution in [2.24, 2.45) is 0 Å². The minimum Gasteiger partial charge on any atom is -0.366 e. The number of carbonyl (C=O) groups is 1. The Kier molecular flexibility index (Phi) is 6.80. The summed E-state index contributed by atoms with van der Waals surface area (Å²) in [5.74, 6) is 0.681. The molecule has 1 aliphatic rings. The molecule has 2 aromatic rings. The summed E-state index contributed by atoms with van der Waals surface area (Å²) in [7, 11) is 0. The van der Waals surface area contributed by atoms with Crippen molar-refractivity contribution >= 4 is 11.7 Å². The fourth-order valence-corrected chi connectivity index (χ4v) is 3.56. The molecule has 1 aromatic carbocycles. The molecule has 144 valence electrons. The van der Waals surface area contributed by atoms with Crippen molar-refractivity contribution in [2.75, 3.05) is 5.32 Å². The Labute approximate surface area is 162 Å². The second-order valence-electron chi connectivity index (χ2n) is 7.63. The van der Waals surface area contributed by atoms with Crippen LogP contribution in [0.1, 0.15) is 68.4 Å². The minimum absolute atomic E-state index is 0.0811. The largest absolute Gasteiger partial charge is 0.366 e. The molecule has 1 aliphatic carbocycles. The van der Waals surface area contributed by atoms with Gasteiger partial charge in [0.15, 0.2) is 0 Å². The maximum Gasteiger partial charge on any atom is 0.274 e. The molecule has 1 N–H and O–H groups in total. The molecule has 0 radical (unpaired) electrons. The molecule has 0 saturated heterocycles. The maximum atomic E-state index is 12.9. The molecule has 0 spiro atoms. The van der Waals surface area contributed by atoms with Crippen molar-refractivity contribution in [3.63, 3.8) is 0 Å². The summed E-state index contributed by atoms with van der Waals surface area (Å²) >= 11 is 0. The monoisotopic (exact) mass is 366 g/mol. The van der Waals surface area contributed by atoms with Crippen molar-refractivity contribution in [2.45, 2.75) is 71.0 Å². The van der Waals surface area contributed by atoms with Crippen LogP contribution in [0.3, 0.4) is 0 Å². The fourth-order valence-electron chi connectivity index (χ4n) is 3.56. The molecule has 1 fully saturated rings. The van der Waals surface area contributed by atoms with Crippen LogP contribution in [0.15, 0.2) is 42.7 Å². The molecule has 1 aromatic heterocycles. The van der Waals surface area contributed by atoms with Gasteiger partial charge in [0.25, 0.3) is 5.91 Å². The van der Waals surface area contributed by atoms with Gasteiger partial charge < -0.3 is 10.2 Å². The number of amides is 1. The number of benzene rings is 1. The lowest BCUT2D eigenvalue weighted by Crippen LogP contribution is -2.37. The lowest BCUT2D eigenvalue weighted by Gasteiger charge is -2.26. The average Bonchev–Trinajstić information content (AvgIpc) is 2.95. The third-order valence-corrected chi connectivity index (χ3v) is 5.16. The Hall–Kier alpha value is -2.43. The second kappa shape index (κ2) is 9.49. The second-order valence-corrected chi connectivity index (χ2v) is 7.63. The van der Waals surface area contributed by atoms with Gasteiger partial charge in [-0.05, 0) is 32.3 Å². The molecule has 27 heavy (non-hydrogen) atoms. The van der Waals surface area contributed by atoms with Crippen LogP contribution in [-0.4, -0.2) is 32.9 Å². The molecular formula is C22H30N4O. The van der Waals surface area contributed by atoms with E-state index in [1.807, 2.05) is 49.1 Å². The highest BCUT2D eigenvalue weighted by Crippen LogP contribution is 2.20. The van der Waals surface area contributed by atoms with E-state index in [9.17, 15) is 4.79 Å². The van der Waals surface area contributed by atoms with Crippen LogP contribution >= 0.6 is 0 Å². The first kappa shape index (κ1) is 19.3. The van der Waals surface area contributed by atoms with Crippen LogP contribution < -0.4 is 5.32 Å². The molecule has 5 heteroatoms. The molecule has 0 bridgehead atoms. The highest BCUT2D eigenvalue weighted by atomic mass is 16.2. The average molecular weight is 367 g/mol. The van der Waals surface area contributed by atoms with Crippen molar-refractivity contribution in [1.29, 1.82) is 0 Å². The van der Waals surface area contributed by atoms with Gasteiger partial charge in [-0.15, -0.1) is 0 Å². The topological polar surface area (TPSA) is 58.1 Å². The van der Waals surface area contributed by atoms with Crippen molar-refractivity contribution < 1.29 is 4.79 Å². The smallest absolute Gasteiger partial charge is 0.274 e. The summed E-state index contributed by atoms with van der Waals surface area (Å²) < 4.78 is 0. The van der Waals surface area contributed by atoms with E-state index in [1.165, 1.54) is 38.5 Å². The Balaban J connectivity index is 1.65. The minimum atomic E-state index is -0.0811. The summed E-state index contributed by atoms with van der Waals surface area (Å²) in [6.07, 6.45) is 10.8. The third-order valence-electron chi connectivity index (χ3n) is 5.16. The zero-order valence-corrected chi connectivity index (χ0v) is 16.4. The van der Waals surface area contributed by atoms with Gasteiger partial charge in [-0.3, -0.25) is 4.79 Å². The summed E-state index contributed by atoms with van der Waals surface area (Å²) in [6.45, 7) is 4.62. The summed E-state index contributed by atoms with van der Waals surface area (Å²) in [5.41, 5.74) is 1.50. The standard InChI is InChI=1S/C22H30N4O/c1-17(2)26(16-18-10-6-5-7-11-18)22(27)20-14-24-21(15-23-20)25-19-12-8-3-4-9-13-19/h5-7,10-11,14-15,17,19H,3-4,8-9,12-13,16H2,1-2H3,(H,24,25). The maximum absolute atomic E-state index is 12.9. The van der Waals surface area contributed by atoms with E-state index in [2.05, 4.69) is 15.3 Å². The number of anilines is 1. The first-order valence-electron chi connectivity index (χ1n) is 10.1. The van der Waals surface area contributed by atoms with Crippen LogP contribution in [0, 0.1) is 0 Å². The predicted octanol–water partition coefficient (Wildman–Crippen LogP) is 4.66. The van der Waals surface area contributed by atoms with E-state index in [1.54, 1.807) is 12.4 Å². The predicted molar refractivity (Wildman–Crippen MR) is 109 cm³/mol. The highest BCUT2D eigenvalue weighted by molar-refractivity contribution is 5.92. The van der Waals surface area contributed by atoms with E-state index >= 15 is 0 Å². The van der Waals surface area contributed by atoms with Crippen LogP contribution in [-0.2, 0) is 6.54 Å². The lowest BCUT2D eigenvalue weighted by molar-refractivity contribution is 0.0684. The number of hydrogen-bond donors (Lipinski definition) is 1. The van der Waals surface area contributed by atoms with Crippen molar-refractivity contribution in [3.05, 3.63) is 54.0 Å². The van der Waals surface area contributed by atoms with Crippen molar-refractivity contribution in [3.8, 4) is 0 Å². The zero-order valence-electron chi connectivity index (χ0n) is 16.4. The van der Waals surface area contributed by atoms with E-state index in [0.717, 1.165) is 11.4 Å². The summed E-state index contributed by atoms with van der Waals surface area (Å²) in [5, 5.41) is 3.48. The Bertz CT molecular complexity index is 707. The van der Waals surface area contributed by atoms with Gasteiger partial charge in [-0.2, -0.15) is 0 Å². The molecule has 1 heterocycles. The number of nitrogens with one attached hydrogen (secondary N) is 1. The zero-order chi connectivity index (χ0) is 19.1. The molecule has 0 aliphatic heterocycles. The van der Waals surface area contributed by atoms with Gasteiger partial charge >= 0.3 is 0 Å². The number of hydrogen-bond acceptors (Lipinski definition) is 4. The first-order valence-corrected chi connectivity index (χ1v) is 10.1. The van der Waals surface area contributed by atoms with E-state index in [0.29, 0.717) is 18.3 Å². The summed E-state index contributed by atoms with van der Waals surface area (Å²) in [4.78, 5) is 23.6. The lowest BCUT2D eigenvalue weighted by atomic mass is 10.1. The van der Waals surface area contributed by atoms with Gasteiger partial charge in [-0.25, -0.2) is 9.97 Å². The number of aromatic nitrogens is 2. The summed E-state index contributed by atoms with van der Waals surface area (Å²) in [6, 6.07) is 10.6. The first-order chi connectivity index (χ1) is 13.1. The third kappa shape index (κ3) is 5.52. The number of carbonyl (C=O) groups excluding carboxylic acids is 1. The van der Waals surface area contributed by atoms with Crippen molar-refractivity contribution in [1.82, 2.24) is 14.9 Å². The molecule has 1 saturated carbocycles. The quantitative estimate of drug-likeness (QED) is 0.755. The molecule has 5 nitrogen and oxygen atoms in total. The van der Waals surface area contributed by atoms with Crippen LogP contribution in [0.5, 0.6) is 0 Å². The number of rotatable bonds is 6. The van der Waals surface area contributed by atoms with E-state index in [-0.39, 0.29) is 11.9 Å². The fraction of sp³-hybridized carbons (Fsp3) is 0.500. The molecule has 0 atom stereocenters. The molecular weight excluding hydrogens is 336 g/mol. The Morgan fingerprint density at radius 3 is 2.37 bits per heavy atom. The van der Waals surface area contributed by atoms with Crippen LogP contribution in [0.4, 0.5) is 5.82 Å². The van der Waals surface area contributed by atoms with Crippen LogP contribution in [0.2, 0.25) is 0 Å². The van der Waals surface area contributed by atoms with Gasteiger partial charge in [0.05, 0.1) is 12.4 Å². The number of nitrogens with zero attached hydrogens (tertiary/aromatic N) is 3. The molecule has 3 rings (SSSR count). The Morgan fingerprint density at radius 1 is 1.07 bits per heavy atom. The van der Waals surface area contributed by atoms with E-state index < -0.39 is 0 Å². The van der Waals surface area contributed by atoms with Gasteiger partial charge in [-0.1, -0.05) is 56.0 Å². The highest BCUT2D eigenvalue weighted by Gasteiger charge is 2.21. The Morgan fingerprint density at radius 2 is 1.78 bits per heavy atom. The van der Waals surface area contributed by atoms with Gasteiger partial charge in [0.2, 0.25) is 0 Å². The van der Waals surface area contributed by atoms with Gasteiger partial charge in [0.1, 0.15) is 11.5 Å². The van der Waals surface area contributed by atoms with Gasteiger partial charge in [0, 0.05) is 18.6 Å². The molecule has 0 unspecified atom stereocenters. The normalized spacial score (nSPS) is 15.4. The van der Waals surface area contributed by atoms with E-state index in [4.69, 9.17) is 0 Å². The molecule has 1 amide bonds. The SMILES string of the molecule is CC(C)N(Cc1ccccc1)C(=O)c1cnc(NC2CCCCCC2)cn1.